The van der Waals surface area contributed by atoms with Gasteiger partial charge in [-0.05, 0) is 24.8 Å². The topological polar surface area (TPSA) is 21.3 Å². The van der Waals surface area contributed by atoms with Gasteiger partial charge in [0.15, 0.2) is 0 Å². The molecule has 0 aliphatic rings. The average Bonchev–Trinajstić information content (AvgIpc) is 2.22. The second-order valence-corrected chi connectivity index (χ2v) is 4.00. The molecule has 14 heavy (non-hydrogen) atoms. The molecule has 84 valence electrons. The highest BCUT2D eigenvalue weighted by atomic mass is 16.5. The molecule has 0 aromatic rings. The molecule has 0 saturated heterocycles. The SMILES string of the molecule is C=CC(C)(CCOCCC)CNCC. The maximum Gasteiger partial charge on any atom is 0.0474 e. The molecule has 0 aliphatic heterocycles. The third-order valence-corrected chi connectivity index (χ3v) is 2.44. The lowest BCUT2D eigenvalue weighted by molar-refractivity contribution is 0.111. The van der Waals surface area contributed by atoms with E-state index in [1.165, 1.54) is 0 Å². The minimum absolute atomic E-state index is 0.170. The lowest BCUT2D eigenvalue weighted by atomic mass is 9.87. The van der Waals surface area contributed by atoms with Gasteiger partial charge in [0.2, 0.25) is 0 Å². The molecule has 1 N–H and O–H groups in total. The molecule has 0 fully saturated rings. The normalized spacial score (nSPS) is 15.1. The quantitative estimate of drug-likeness (QED) is 0.455. The lowest BCUT2D eigenvalue weighted by Gasteiger charge is -2.25. The predicted molar refractivity (Wildman–Crippen MR) is 62.6 cm³/mol. The summed E-state index contributed by atoms with van der Waals surface area (Å²) in [6.45, 7) is 14.1. The van der Waals surface area contributed by atoms with Crippen LogP contribution in [0.15, 0.2) is 12.7 Å². The molecule has 0 aliphatic carbocycles. The molecular weight excluding hydrogens is 174 g/mol. The average molecular weight is 199 g/mol. The number of nitrogens with one attached hydrogen (secondary N) is 1. The molecule has 0 rings (SSSR count). The Bertz CT molecular complexity index is 147. The standard InChI is InChI=1S/C12H25NO/c1-5-9-14-10-8-12(4,6-2)11-13-7-3/h6,13H,2,5,7-11H2,1,3-4H3. The van der Waals surface area contributed by atoms with Crippen molar-refractivity contribution in [2.75, 3.05) is 26.3 Å². The first kappa shape index (κ1) is 13.7. The Kier molecular flexibility index (Phi) is 7.81. The minimum Gasteiger partial charge on any atom is -0.381 e. The number of ether oxygens (including phenoxy) is 1. The Morgan fingerprint density at radius 1 is 1.36 bits per heavy atom. The Hall–Kier alpha value is -0.340. The van der Waals surface area contributed by atoms with Crippen LogP contribution in [-0.2, 0) is 4.74 Å². The molecule has 1 unspecified atom stereocenters. The molecule has 2 heteroatoms. The number of hydrogen-bond acceptors (Lipinski definition) is 2. The fraction of sp³-hybridized carbons (Fsp3) is 0.833. The number of hydrogen-bond donors (Lipinski definition) is 1. The molecule has 0 amide bonds. The summed E-state index contributed by atoms with van der Waals surface area (Å²) in [5.41, 5.74) is 0.170. The maximum atomic E-state index is 5.48. The van der Waals surface area contributed by atoms with Crippen molar-refractivity contribution in [1.29, 1.82) is 0 Å². The van der Waals surface area contributed by atoms with Gasteiger partial charge in [-0.1, -0.05) is 26.8 Å². The zero-order valence-corrected chi connectivity index (χ0v) is 9.94. The summed E-state index contributed by atoms with van der Waals surface area (Å²) >= 11 is 0. The fourth-order valence-electron chi connectivity index (χ4n) is 1.22. The summed E-state index contributed by atoms with van der Waals surface area (Å²) in [4.78, 5) is 0. The van der Waals surface area contributed by atoms with E-state index in [0.29, 0.717) is 0 Å². The maximum absolute atomic E-state index is 5.48. The summed E-state index contributed by atoms with van der Waals surface area (Å²) in [5, 5.41) is 3.35. The molecule has 0 aromatic heterocycles. The fourth-order valence-corrected chi connectivity index (χ4v) is 1.22. The highest BCUT2D eigenvalue weighted by Crippen LogP contribution is 2.21. The summed E-state index contributed by atoms with van der Waals surface area (Å²) in [6, 6.07) is 0. The van der Waals surface area contributed by atoms with Crippen LogP contribution in [0.1, 0.15) is 33.6 Å². The summed E-state index contributed by atoms with van der Waals surface area (Å²) in [7, 11) is 0. The van der Waals surface area contributed by atoms with Gasteiger partial charge in [-0.3, -0.25) is 0 Å². The molecule has 0 spiro atoms. The second-order valence-electron chi connectivity index (χ2n) is 4.00. The molecule has 0 heterocycles. The first-order valence-corrected chi connectivity index (χ1v) is 5.60. The molecule has 1 atom stereocenters. The zero-order valence-electron chi connectivity index (χ0n) is 9.94. The van der Waals surface area contributed by atoms with Gasteiger partial charge in [0.05, 0.1) is 0 Å². The van der Waals surface area contributed by atoms with Crippen molar-refractivity contribution in [2.24, 2.45) is 5.41 Å². The first-order chi connectivity index (χ1) is 6.68. The van der Waals surface area contributed by atoms with E-state index in [9.17, 15) is 0 Å². The summed E-state index contributed by atoms with van der Waals surface area (Å²) in [6.07, 6.45) is 4.17. The monoisotopic (exact) mass is 199 g/mol. The second kappa shape index (κ2) is 8.01. The first-order valence-electron chi connectivity index (χ1n) is 5.60. The van der Waals surface area contributed by atoms with E-state index in [1.54, 1.807) is 0 Å². The summed E-state index contributed by atoms with van der Waals surface area (Å²) in [5.74, 6) is 0. The molecule has 0 radical (unpaired) electrons. The largest absolute Gasteiger partial charge is 0.381 e. The smallest absolute Gasteiger partial charge is 0.0474 e. The van der Waals surface area contributed by atoms with Crippen molar-refractivity contribution in [2.45, 2.75) is 33.6 Å². The van der Waals surface area contributed by atoms with E-state index >= 15 is 0 Å². The van der Waals surface area contributed by atoms with Crippen LogP contribution in [0, 0.1) is 5.41 Å². The van der Waals surface area contributed by atoms with Gasteiger partial charge >= 0.3 is 0 Å². The molecule has 2 nitrogen and oxygen atoms in total. The van der Waals surface area contributed by atoms with Crippen LogP contribution in [0.25, 0.3) is 0 Å². The van der Waals surface area contributed by atoms with Gasteiger partial charge in [0.1, 0.15) is 0 Å². The molecule has 0 saturated carbocycles. The van der Waals surface area contributed by atoms with Gasteiger partial charge in [-0.25, -0.2) is 0 Å². The van der Waals surface area contributed by atoms with E-state index < -0.39 is 0 Å². The molecular formula is C12H25NO. The third kappa shape index (κ3) is 6.17. The highest BCUT2D eigenvalue weighted by Gasteiger charge is 2.18. The van der Waals surface area contributed by atoms with Gasteiger partial charge in [0, 0.05) is 19.8 Å². The van der Waals surface area contributed by atoms with Gasteiger partial charge in [-0.15, -0.1) is 6.58 Å². The lowest BCUT2D eigenvalue weighted by Crippen LogP contribution is -2.31. The molecule has 0 aromatic carbocycles. The third-order valence-electron chi connectivity index (χ3n) is 2.44. The Balaban J connectivity index is 3.68. The number of rotatable bonds is 9. The van der Waals surface area contributed by atoms with Crippen LogP contribution in [0.5, 0.6) is 0 Å². The van der Waals surface area contributed by atoms with Crippen molar-refractivity contribution in [1.82, 2.24) is 5.32 Å². The van der Waals surface area contributed by atoms with Crippen LogP contribution in [0.4, 0.5) is 0 Å². The predicted octanol–water partition coefficient (Wildman–Crippen LogP) is 2.60. The highest BCUT2D eigenvalue weighted by molar-refractivity contribution is 4.92. The van der Waals surface area contributed by atoms with E-state index in [1.807, 2.05) is 6.08 Å². The van der Waals surface area contributed by atoms with Gasteiger partial charge in [-0.2, -0.15) is 0 Å². The van der Waals surface area contributed by atoms with Crippen molar-refractivity contribution >= 4 is 0 Å². The van der Waals surface area contributed by atoms with Gasteiger partial charge < -0.3 is 10.1 Å². The van der Waals surface area contributed by atoms with Crippen LogP contribution in [0.3, 0.4) is 0 Å². The van der Waals surface area contributed by atoms with Crippen LogP contribution in [-0.4, -0.2) is 26.3 Å². The molecule has 0 bridgehead atoms. The van der Waals surface area contributed by atoms with E-state index in [0.717, 1.165) is 39.1 Å². The Morgan fingerprint density at radius 3 is 2.57 bits per heavy atom. The van der Waals surface area contributed by atoms with E-state index in [4.69, 9.17) is 4.74 Å². The summed E-state index contributed by atoms with van der Waals surface area (Å²) < 4.78 is 5.48. The van der Waals surface area contributed by atoms with Crippen LogP contribution >= 0.6 is 0 Å². The van der Waals surface area contributed by atoms with Gasteiger partial charge in [0.25, 0.3) is 0 Å². The van der Waals surface area contributed by atoms with Crippen molar-refractivity contribution < 1.29 is 4.74 Å². The Labute approximate surface area is 88.7 Å². The van der Waals surface area contributed by atoms with Crippen molar-refractivity contribution in [3.63, 3.8) is 0 Å². The van der Waals surface area contributed by atoms with E-state index in [-0.39, 0.29) is 5.41 Å². The van der Waals surface area contributed by atoms with Crippen molar-refractivity contribution in [3.8, 4) is 0 Å². The van der Waals surface area contributed by atoms with Crippen molar-refractivity contribution in [3.05, 3.63) is 12.7 Å². The minimum atomic E-state index is 0.170. The Morgan fingerprint density at radius 2 is 2.07 bits per heavy atom. The van der Waals surface area contributed by atoms with E-state index in [2.05, 4.69) is 32.7 Å². The van der Waals surface area contributed by atoms with Crippen LogP contribution < -0.4 is 5.32 Å². The van der Waals surface area contributed by atoms with Crippen LogP contribution in [0.2, 0.25) is 0 Å². The zero-order chi connectivity index (χ0) is 10.9.